The van der Waals surface area contributed by atoms with Crippen molar-refractivity contribution in [2.24, 2.45) is 5.92 Å². The fourth-order valence-electron chi connectivity index (χ4n) is 3.70. The molecule has 2 aromatic heterocycles. The first-order valence-corrected chi connectivity index (χ1v) is 9.55. The van der Waals surface area contributed by atoms with Crippen LogP contribution in [0, 0.1) is 5.92 Å². The molecule has 2 heterocycles. The Labute approximate surface area is 161 Å². The highest BCUT2D eigenvalue weighted by Crippen LogP contribution is 2.29. The van der Waals surface area contributed by atoms with Gasteiger partial charge in [-0.2, -0.15) is 0 Å². The molecule has 1 fully saturated rings. The largest absolute Gasteiger partial charge is 0.367 e. The zero-order valence-electron chi connectivity index (χ0n) is 14.7. The van der Waals surface area contributed by atoms with Gasteiger partial charge in [-0.05, 0) is 37.8 Å². The highest BCUT2D eigenvalue weighted by molar-refractivity contribution is 6.30. The van der Waals surface area contributed by atoms with Gasteiger partial charge in [-0.15, -0.1) is 0 Å². The summed E-state index contributed by atoms with van der Waals surface area (Å²) in [6.07, 6.45) is 10.1. The second-order valence-electron chi connectivity index (χ2n) is 7.09. The SMILES string of the molecule is O=C(NC1CCC(Nc2ncnc3[nH]ccc23)CC1)C1C=CC(F)=C(Cl)C1. The van der Waals surface area contributed by atoms with E-state index < -0.39 is 11.7 Å². The number of aromatic amines is 1. The van der Waals surface area contributed by atoms with E-state index in [-0.39, 0.29) is 23.4 Å². The molecule has 2 aliphatic rings. The maximum Gasteiger partial charge on any atom is 0.227 e. The number of hydrogen-bond donors (Lipinski definition) is 3. The summed E-state index contributed by atoms with van der Waals surface area (Å²) in [5.74, 6) is -0.0908. The molecule has 0 spiro atoms. The molecule has 1 saturated carbocycles. The molecule has 0 radical (unpaired) electrons. The zero-order valence-corrected chi connectivity index (χ0v) is 15.5. The van der Waals surface area contributed by atoms with Crippen LogP contribution in [0.3, 0.4) is 0 Å². The van der Waals surface area contributed by atoms with Gasteiger partial charge in [0.2, 0.25) is 5.91 Å². The van der Waals surface area contributed by atoms with Gasteiger partial charge in [0.05, 0.1) is 16.3 Å². The number of amides is 1. The average Bonchev–Trinajstić information content (AvgIpc) is 3.15. The second-order valence-corrected chi connectivity index (χ2v) is 7.54. The number of nitrogens with one attached hydrogen (secondary N) is 3. The van der Waals surface area contributed by atoms with Crippen LogP contribution in [0.1, 0.15) is 32.1 Å². The van der Waals surface area contributed by atoms with Crippen LogP contribution >= 0.6 is 11.6 Å². The van der Waals surface area contributed by atoms with Crippen molar-refractivity contribution in [2.75, 3.05) is 5.32 Å². The van der Waals surface area contributed by atoms with E-state index in [1.165, 1.54) is 6.08 Å². The van der Waals surface area contributed by atoms with E-state index in [0.717, 1.165) is 42.5 Å². The number of fused-ring (bicyclic) bond motifs is 1. The van der Waals surface area contributed by atoms with Crippen molar-refractivity contribution in [3.8, 4) is 0 Å². The molecule has 2 aromatic rings. The van der Waals surface area contributed by atoms with Crippen LogP contribution in [-0.4, -0.2) is 32.9 Å². The van der Waals surface area contributed by atoms with E-state index in [1.807, 2.05) is 12.3 Å². The standard InChI is InChI=1S/C19H21ClFN5O/c20-15-9-11(1-6-16(15)21)19(27)26-13-4-2-12(3-5-13)25-18-14-7-8-22-17(14)23-10-24-18/h1,6-8,10-13H,2-5,9H2,(H,26,27)(H2,22,23,24,25). The molecule has 4 rings (SSSR count). The normalized spacial score (nSPS) is 25.6. The summed E-state index contributed by atoms with van der Waals surface area (Å²) in [6.45, 7) is 0. The second kappa shape index (κ2) is 7.68. The van der Waals surface area contributed by atoms with E-state index in [0.29, 0.717) is 6.04 Å². The molecule has 0 aliphatic heterocycles. The van der Waals surface area contributed by atoms with Crippen LogP contribution in [0.25, 0.3) is 11.0 Å². The molecular weight excluding hydrogens is 369 g/mol. The smallest absolute Gasteiger partial charge is 0.227 e. The van der Waals surface area contributed by atoms with Crippen LogP contribution in [0.2, 0.25) is 0 Å². The van der Waals surface area contributed by atoms with Crippen molar-refractivity contribution in [1.29, 1.82) is 0 Å². The molecule has 0 bridgehead atoms. The van der Waals surface area contributed by atoms with Crippen molar-refractivity contribution in [2.45, 2.75) is 44.2 Å². The lowest BCUT2D eigenvalue weighted by Gasteiger charge is -2.31. The number of allylic oxidation sites excluding steroid dienone is 3. The third-order valence-electron chi connectivity index (χ3n) is 5.24. The van der Waals surface area contributed by atoms with Crippen molar-refractivity contribution < 1.29 is 9.18 Å². The fraction of sp³-hybridized carbons (Fsp3) is 0.421. The topological polar surface area (TPSA) is 82.7 Å². The average molecular weight is 390 g/mol. The minimum Gasteiger partial charge on any atom is -0.367 e. The Morgan fingerprint density at radius 2 is 2.00 bits per heavy atom. The predicted molar refractivity (Wildman–Crippen MR) is 103 cm³/mol. The number of hydrogen-bond acceptors (Lipinski definition) is 4. The Kier molecular flexibility index (Phi) is 5.11. The van der Waals surface area contributed by atoms with Gasteiger partial charge >= 0.3 is 0 Å². The molecule has 0 aromatic carbocycles. The summed E-state index contributed by atoms with van der Waals surface area (Å²) in [6, 6.07) is 2.41. The summed E-state index contributed by atoms with van der Waals surface area (Å²) in [5.41, 5.74) is 0.818. The highest BCUT2D eigenvalue weighted by atomic mass is 35.5. The number of anilines is 1. The summed E-state index contributed by atoms with van der Waals surface area (Å²) in [4.78, 5) is 24.0. The van der Waals surface area contributed by atoms with Crippen molar-refractivity contribution in [1.82, 2.24) is 20.3 Å². The molecular formula is C19H21ClFN5O. The number of aromatic nitrogens is 3. The summed E-state index contributed by atoms with van der Waals surface area (Å²) < 4.78 is 13.3. The van der Waals surface area contributed by atoms with Crippen LogP contribution in [0.4, 0.5) is 10.2 Å². The molecule has 2 aliphatic carbocycles. The maximum absolute atomic E-state index is 13.3. The van der Waals surface area contributed by atoms with Crippen molar-refractivity contribution in [3.05, 3.63) is 41.6 Å². The number of halogens is 2. The molecule has 1 amide bonds. The van der Waals surface area contributed by atoms with Gasteiger partial charge in [0.1, 0.15) is 23.6 Å². The monoisotopic (exact) mass is 389 g/mol. The van der Waals surface area contributed by atoms with Gasteiger partial charge in [0, 0.05) is 24.7 Å². The first-order valence-electron chi connectivity index (χ1n) is 9.17. The lowest BCUT2D eigenvalue weighted by Crippen LogP contribution is -2.42. The summed E-state index contributed by atoms with van der Waals surface area (Å²) in [5, 5.41) is 7.68. The molecule has 6 nitrogen and oxygen atoms in total. The van der Waals surface area contributed by atoms with E-state index in [2.05, 4.69) is 25.6 Å². The van der Waals surface area contributed by atoms with Gasteiger partial charge in [-0.1, -0.05) is 17.7 Å². The summed E-state index contributed by atoms with van der Waals surface area (Å²) in [7, 11) is 0. The summed E-state index contributed by atoms with van der Waals surface area (Å²) >= 11 is 5.83. The molecule has 3 N–H and O–H groups in total. The van der Waals surface area contributed by atoms with Gasteiger partial charge in [-0.25, -0.2) is 14.4 Å². The first kappa shape index (κ1) is 18.0. The molecule has 1 unspecified atom stereocenters. The maximum atomic E-state index is 13.3. The van der Waals surface area contributed by atoms with Crippen molar-refractivity contribution >= 4 is 34.4 Å². The number of carbonyl (C=O) groups is 1. The molecule has 27 heavy (non-hydrogen) atoms. The number of rotatable bonds is 4. The number of H-pyrrole nitrogens is 1. The Morgan fingerprint density at radius 3 is 2.78 bits per heavy atom. The van der Waals surface area contributed by atoms with Gasteiger partial charge in [0.15, 0.2) is 0 Å². The van der Waals surface area contributed by atoms with E-state index in [4.69, 9.17) is 11.6 Å². The number of carbonyl (C=O) groups excluding carboxylic acids is 1. The zero-order chi connectivity index (χ0) is 18.8. The number of nitrogens with zero attached hydrogens (tertiary/aromatic N) is 2. The lowest BCUT2D eigenvalue weighted by atomic mass is 9.90. The van der Waals surface area contributed by atoms with E-state index in [9.17, 15) is 9.18 Å². The van der Waals surface area contributed by atoms with Gasteiger partial charge < -0.3 is 15.6 Å². The third kappa shape index (κ3) is 3.98. The first-order chi connectivity index (χ1) is 13.1. The van der Waals surface area contributed by atoms with Gasteiger partial charge in [0.25, 0.3) is 0 Å². The molecule has 142 valence electrons. The van der Waals surface area contributed by atoms with E-state index in [1.54, 1.807) is 12.4 Å². The van der Waals surface area contributed by atoms with E-state index >= 15 is 0 Å². The van der Waals surface area contributed by atoms with Gasteiger partial charge in [-0.3, -0.25) is 4.79 Å². The Bertz CT molecular complexity index is 900. The molecule has 1 atom stereocenters. The molecule has 8 heteroatoms. The molecule has 0 saturated heterocycles. The minimum atomic E-state index is -0.450. The minimum absolute atomic E-state index is 0.0851. The Morgan fingerprint density at radius 1 is 1.22 bits per heavy atom. The fourth-order valence-corrected chi connectivity index (χ4v) is 3.93. The Balaban J connectivity index is 1.29. The quantitative estimate of drug-likeness (QED) is 0.742. The van der Waals surface area contributed by atoms with Crippen LogP contribution < -0.4 is 10.6 Å². The lowest BCUT2D eigenvalue weighted by molar-refractivity contribution is -0.124. The Hall–Kier alpha value is -2.41. The van der Waals surface area contributed by atoms with Crippen LogP contribution in [0.15, 0.2) is 41.6 Å². The van der Waals surface area contributed by atoms with Crippen molar-refractivity contribution in [3.63, 3.8) is 0 Å². The van der Waals surface area contributed by atoms with Crippen LogP contribution in [-0.2, 0) is 4.79 Å². The van der Waals surface area contributed by atoms with Crippen LogP contribution in [0.5, 0.6) is 0 Å². The highest BCUT2D eigenvalue weighted by Gasteiger charge is 2.27. The third-order valence-corrected chi connectivity index (χ3v) is 5.57. The predicted octanol–water partition coefficient (Wildman–Crippen LogP) is 3.79.